The van der Waals surface area contributed by atoms with Gasteiger partial charge in [0.2, 0.25) is 0 Å². The number of aliphatic hydroxyl groups is 2. The van der Waals surface area contributed by atoms with Crippen LogP contribution in [0.2, 0.25) is 0 Å². The minimum absolute atomic E-state index is 0.0710. The lowest BCUT2D eigenvalue weighted by Crippen LogP contribution is -2.22. The molecule has 0 aliphatic carbocycles. The molecule has 0 aromatic heterocycles. The van der Waals surface area contributed by atoms with Crippen LogP contribution in [0.1, 0.15) is 5.56 Å². The first-order valence-corrected chi connectivity index (χ1v) is 7.04. The van der Waals surface area contributed by atoms with Gasteiger partial charge in [0.25, 0.3) is 5.69 Å². The summed E-state index contributed by atoms with van der Waals surface area (Å²) < 4.78 is 5.67. The van der Waals surface area contributed by atoms with Gasteiger partial charge in [-0.25, -0.2) is 0 Å². The molecule has 0 aliphatic rings. The minimum atomic E-state index is -0.949. The third-order valence-electron chi connectivity index (χ3n) is 3.08. The number of hydrogen-bond acceptors (Lipinski definition) is 6. The molecule has 0 bridgehead atoms. The van der Waals surface area contributed by atoms with Crippen LogP contribution < -0.4 is 10.1 Å². The van der Waals surface area contributed by atoms with E-state index in [1.54, 1.807) is 12.1 Å². The molecule has 2 aromatic carbocycles. The third kappa shape index (κ3) is 4.94. The number of nitrogens with zero attached hydrogens (tertiary/aromatic N) is 1. The number of nitro benzene ring substituents is 1. The quantitative estimate of drug-likeness (QED) is 0.535. The predicted octanol–water partition coefficient (Wildman–Crippen LogP) is 2.46. The van der Waals surface area contributed by atoms with Crippen molar-refractivity contribution in [1.29, 1.82) is 0 Å². The highest BCUT2D eigenvalue weighted by molar-refractivity contribution is 5.57. The summed E-state index contributed by atoms with van der Waals surface area (Å²) in [5.74, 6) is 0.887. The first-order chi connectivity index (χ1) is 11.0. The van der Waals surface area contributed by atoms with Gasteiger partial charge in [0.1, 0.15) is 11.5 Å². The Balaban J connectivity index is 2.23. The number of hydrogen-bond donors (Lipinski definition) is 3. The molecule has 0 radical (unpaired) electrons. The molecule has 1 atom stereocenters. The number of ether oxygens (including phenoxy) is 1. The summed E-state index contributed by atoms with van der Waals surface area (Å²) in [6.07, 6.45) is -0.949. The summed E-state index contributed by atoms with van der Waals surface area (Å²) in [4.78, 5) is 10.5. The van der Waals surface area contributed by atoms with Crippen LogP contribution in [0.15, 0.2) is 42.5 Å². The lowest BCUT2D eigenvalue weighted by Gasteiger charge is -2.12. The Hall–Kier alpha value is -2.64. The van der Waals surface area contributed by atoms with Crippen molar-refractivity contribution in [3.05, 3.63) is 58.1 Å². The van der Waals surface area contributed by atoms with Crippen molar-refractivity contribution in [3.8, 4) is 11.5 Å². The number of aliphatic hydroxyl groups excluding tert-OH is 2. The molecule has 3 N–H and O–H groups in total. The van der Waals surface area contributed by atoms with Crippen molar-refractivity contribution in [2.24, 2.45) is 0 Å². The molecule has 1 unspecified atom stereocenters. The Kier molecular flexibility index (Phi) is 5.51. The number of nitrogens with one attached hydrogen (secondary N) is 1. The smallest absolute Gasteiger partial charge is 0.275 e. The highest BCUT2D eigenvalue weighted by atomic mass is 16.6. The van der Waals surface area contributed by atoms with Crippen LogP contribution in [0.5, 0.6) is 11.5 Å². The molecule has 0 saturated heterocycles. The molecular weight excluding hydrogens is 300 g/mol. The first-order valence-electron chi connectivity index (χ1n) is 7.04. The van der Waals surface area contributed by atoms with Crippen molar-refractivity contribution < 1.29 is 19.9 Å². The Bertz CT molecular complexity index is 690. The zero-order valence-electron chi connectivity index (χ0n) is 12.6. The Morgan fingerprint density at radius 2 is 2.04 bits per heavy atom. The van der Waals surface area contributed by atoms with Gasteiger partial charge in [0, 0.05) is 24.4 Å². The number of rotatable bonds is 7. The lowest BCUT2D eigenvalue weighted by atomic mass is 10.2. The highest BCUT2D eigenvalue weighted by Crippen LogP contribution is 2.30. The summed E-state index contributed by atoms with van der Waals surface area (Å²) in [7, 11) is 0. The second kappa shape index (κ2) is 7.57. The molecular formula is C16H18N2O5. The maximum Gasteiger partial charge on any atom is 0.275 e. The maximum absolute atomic E-state index is 11.0. The number of anilines is 1. The number of non-ortho nitro benzene ring substituents is 1. The molecule has 2 rings (SSSR count). The van der Waals surface area contributed by atoms with E-state index in [-0.39, 0.29) is 12.2 Å². The van der Waals surface area contributed by atoms with Crippen LogP contribution >= 0.6 is 0 Å². The zero-order valence-corrected chi connectivity index (χ0v) is 12.6. The summed E-state index contributed by atoms with van der Waals surface area (Å²) in [6, 6.07) is 11.6. The van der Waals surface area contributed by atoms with Crippen LogP contribution in [0.4, 0.5) is 11.4 Å². The van der Waals surface area contributed by atoms with Gasteiger partial charge in [0.15, 0.2) is 0 Å². The van der Waals surface area contributed by atoms with Crippen LogP contribution in [0.25, 0.3) is 0 Å². The normalized spacial score (nSPS) is 11.8. The monoisotopic (exact) mass is 318 g/mol. The minimum Gasteiger partial charge on any atom is -0.457 e. The molecule has 7 nitrogen and oxygen atoms in total. The average molecular weight is 318 g/mol. The molecule has 122 valence electrons. The van der Waals surface area contributed by atoms with E-state index in [1.807, 2.05) is 25.1 Å². The SMILES string of the molecule is Cc1cccc(Oc2cc(NCC(O)CO)cc([N+](=O)[O-])c2)c1. The largest absolute Gasteiger partial charge is 0.457 e. The third-order valence-corrected chi connectivity index (χ3v) is 3.08. The van der Waals surface area contributed by atoms with E-state index >= 15 is 0 Å². The Labute approximate surface area is 133 Å². The predicted molar refractivity (Wildman–Crippen MR) is 85.9 cm³/mol. The summed E-state index contributed by atoms with van der Waals surface area (Å²) in [5.41, 5.74) is 1.31. The van der Waals surface area contributed by atoms with Crippen molar-refractivity contribution >= 4 is 11.4 Å². The molecule has 0 saturated carbocycles. The maximum atomic E-state index is 11.0. The van der Waals surface area contributed by atoms with E-state index < -0.39 is 17.6 Å². The fraction of sp³-hybridized carbons (Fsp3) is 0.250. The van der Waals surface area contributed by atoms with Gasteiger partial charge in [-0.3, -0.25) is 10.1 Å². The van der Waals surface area contributed by atoms with Crippen molar-refractivity contribution in [2.45, 2.75) is 13.0 Å². The van der Waals surface area contributed by atoms with E-state index in [0.717, 1.165) is 5.56 Å². The Morgan fingerprint density at radius 1 is 1.26 bits per heavy atom. The fourth-order valence-corrected chi connectivity index (χ4v) is 1.96. The standard InChI is InChI=1S/C16H18N2O5/c1-11-3-2-4-15(5-11)23-16-7-12(17-9-14(20)10-19)6-13(8-16)18(21)22/h2-8,14,17,19-20H,9-10H2,1H3. The van der Waals surface area contributed by atoms with Crippen molar-refractivity contribution in [2.75, 3.05) is 18.5 Å². The first kappa shape index (κ1) is 16.7. The van der Waals surface area contributed by atoms with Crippen LogP contribution in [-0.2, 0) is 0 Å². The van der Waals surface area contributed by atoms with Crippen LogP contribution in [0, 0.1) is 17.0 Å². The number of benzene rings is 2. The van der Waals surface area contributed by atoms with Gasteiger partial charge >= 0.3 is 0 Å². The van der Waals surface area contributed by atoms with Gasteiger partial charge in [-0.2, -0.15) is 0 Å². The van der Waals surface area contributed by atoms with Crippen LogP contribution in [0.3, 0.4) is 0 Å². The van der Waals surface area contributed by atoms with E-state index in [4.69, 9.17) is 9.84 Å². The topological polar surface area (TPSA) is 105 Å². The molecule has 0 fully saturated rings. The molecule has 0 aliphatic heterocycles. The molecule has 0 heterocycles. The molecule has 2 aromatic rings. The van der Waals surface area contributed by atoms with E-state index in [1.165, 1.54) is 12.1 Å². The summed E-state index contributed by atoms with van der Waals surface area (Å²) in [5, 5.41) is 32.0. The van der Waals surface area contributed by atoms with Gasteiger partial charge in [-0.1, -0.05) is 12.1 Å². The summed E-state index contributed by atoms with van der Waals surface area (Å²) in [6.45, 7) is 1.60. The van der Waals surface area contributed by atoms with Gasteiger partial charge in [-0.15, -0.1) is 0 Å². The van der Waals surface area contributed by atoms with Crippen molar-refractivity contribution in [3.63, 3.8) is 0 Å². The molecule has 0 spiro atoms. The number of nitro groups is 1. The molecule has 7 heteroatoms. The molecule has 23 heavy (non-hydrogen) atoms. The van der Waals surface area contributed by atoms with Gasteiger partial charge < -0.3 is 20.3 Å². The van der Waals surface area contributed by atoms with Gasteiger partial charge in [-0.05, 0) is 24.6 Å². The van der Waals surface area contributed by atoms with Crippen LogP contribution in [-0.4, -0.2) is 34.4 Å². The van der Waals surface area contributed by atoms with E-state index in [2.05, 4.69) is 5.32 Å². The van der Waals surface area contributed by atoms with Gasteiger partial charge in [0.05, 0.1) is 23.7 Å². The van der Waals surface area contributed by atoms with Crippen molar-refractivity contribution in [1.82, 2.24) is 0 Å². The zero-order chi connectivity index (χ0) is 16.8. The summed E-state index contributed by atoms with van der Waals surface area (Å²) >= 11 is 0. The van der Waals surface area contributed by atoms with E-state index in [9.17, 15) is 15.2 Å². The number of aryl methyl sites for hydroxylation is 1. The molecule has 0 amide bonds. The fourth-order valence-electron chi connectivity index (χ4n) is 1.96. The van der Waals surface area contributed by atoms with E-state index in [0.29, 0.717) is 17.2 Å². The Morgan fingerprint density at radius 3 is 2.70 bits per heavy atom. The average Bonchev–Trinajstić information content (AvgIpc) is 2.52. The highest BCUT2D eigenvalue weighted by Gasteiger charge is 2.12. The lowest BCUT2D eigenvalue weighted by molar-refractivity contribution is -0.384. The second-order valence-electron chi connectivity index (χ2n) is 5.11. The second-order valence-corrected chi connectivity index (χ2v) is 5.11.